The molecule has 60 valence electrons. The summed E-state index contributed by atoms with van der Waals surface area (Å²) in [5.41, 5.74) is 4.39. The number of hydrogen-bond donors (Lipinski definition) is 1. The zero-order valence-electron chi connectivity index (χ0n) is 6.42. The first-order chi connectivity index (χ1) is 5.17. The number of nitrogens with zero attached hydrogens (tertiary/aromatic N) is 1. The minimum Gasteiger partial charge on any atom is -0.327 e. The fourth-order valence-corrected chi connectivity index (χ4v) is 0.817. The Kier molecular flexibility index (Phi) is 2.19. The second-order valence-electron chi connectivity index (χ2n) is 2.64. The highest BCUT2D eigenvalue weighted by atomic mass is 19.1. The first-order valence-corrected chi connectivity index (χ1v) is 3.46. The monoisotopic (exact) mass is 154 g/mol. The van der Waals surface area contributed by atoms with E-state index in [4.69, 9.17) is 5.73 Å². The number of rotatable bonds is 2. The Labute approximate surface area is 65.3 Å². The van der Waals surface area contributed by atoms with E-state index in [0.717, 1.165) is 0 Å². The third-order valence-corrected chi connectivity index (χ3v) is 1.67. The molecule has 1 aromatic heterocycles. The summed E-state index contributed by atoms with van der Waals surface area (Å²) in [6.45, 7) is 1.46. The average Bonchev–Trinajstić information content (AvgIpc) is 2.06. The van der Waals surface area contributed by atoms with Crippen molar-refractivity contribution in [3.8, 4) is 0 Å². The topological polar surface area (TPSA) is 38.9 Å². The molecule has 0 bridgehead atoms. The quantitative estimate of drug-likeness (QED) is 0.695. The van der Waals surface area contributed by atoms with Crippen molar-refractivity contribution >= 4 is 0 Å². The van der Waals surface area contributed by atoms with Gasteiger partial charge in [0.15, 0.2) is 0 Å². The molecule has 3 heteroatoms. The van der Waals surface area contributed by atoms with Gasteiger partial charge in [-0.3, -0.25) is 4.98 Å². The minimum atomic E-state index is -1.43. The number of nitrogens with two attached hydrogens (primary N) is 1. The lowest BCUT2D eigenvalue weighted by atomic mass is 10.00. The fraction of sp³-hybridized carbons (Fsp3) is 0.375. The summed E-state index contributed by atoms with van der Waals surface area (Å²) in [5.74, 6) is 0. The molecule has 11 heavy (non-hydrogen) atoms. The average molecular weight is 154 g/mol. The van der Waals surface area contributed by atoms with Gasteiger partial charge in [-0.1, -0.05) is 0 Å². The van der Waals surface area contributed by atoms with Crippen LogP contribution >= 0.6 is 0 Å². The maximum atomic E-state index is 13.4. The van der Waals surface area contributed by atoms with E-state index in [1.807, 2.05) is 0 Å². The van der Waals surface area contributed by atoms with Gasteiger partial charge < -0.3 is 5.73 Å². The molecule has 0 radical (unpaired) electrons. The molecule has 2 nitrogen and oxygen atoms in total. The molecular formula is C8H11FN2. The Hall–Kier alpha value is -0.960. The van der Waals surface area contributed by atoms with Gasteiger partial charge >= 0.3 is 0 Å². The third-order valence-electron chi connectivity index (χ3n) is 1.67. The lowest BCUT2D eigenvalue weighted by Gasteiger charge is -2.17. The summed E-state index contributed by atoms with van der Waals surface area (Å²) in [7, 11) is 0. The predicted octanol–water partition coefficient (Wildman–Crippen LogP) is 1.23. The molecule has 1 rings (SSSR count). The smallest absolute Gasteiger partial charge is 0.145 e. The molecule has 0 saturated carbocycles. The van der Waals surface area contributed by atoms with Crippen molar-refractivity contribution in [2.75, 3.05) is 6.54 Å². The molecule has 0 unspecified atom stereocenters. The first kappa shape index (κ1) is 8.14. The molecule has 0 aliphatic carbocycles. The predicted molar refractivity (Wildman–Crippen MR) is 41.8 cm³/mol. The highest BCUT2D eigenvalue weighted by molar-refractivity contribution is 5.18. The zero-order valence-corrected chi connectivity index (χ0v) is 6.42. The lowest BCUT2D eigenvalue weighted by Crippen LogP contribution is -2.26. The maximum Gasteiger partial charge on any atom is 0.145 e. The molecule has 0 aliphatic rings. The van der Waals surface area contributed by atoms with Crippen LogP contribution in [0.5, 0.6) is 0 Å². The van der Waals surface area contributed by atoms with E-state index >= 15 is 0 Å². The van der Waals surface area contributed by atoms with Crippen LogP contribution in [-0.4, -0.2) is 11.5 Å². The Balaban J connectivity index is 2.93. The second kappa shape index (κ2) is 2.96. The van der Waals surface area contributed by atoms with Gasteiger partial charge in [0.25, 0.3) is 0 Å². The Morgan fingerprint density at radius 1 is 1.55 bits per heavy atom. The second-order valence-corrected chi connectivity index (χ2v) is 2.64. The van der Waals surface area contributed by atoms with Crippen LogP contribution in [0.3, 0.4) is 0 Å². The van der Waals surface area contributed by atoms with Gasteiger partial charge in [0, 0.05) is 18.9 Å². The van der Waals surface area contributed by atoms with Crippen molar-refractivity contribution in [1.82, 2.24) is 4.98 Å². The number of alkyl halides is 1. The molecule has 0 saturated heterocycles. The van der Waals surface area contributed by atoms with Crippen LogP contribution in [0.25, 0.3) is 0 Å². The molecule has 1 aromatic rings. The first-order valence-electron chi connectivity index (χ1n) is 3.46. The molecule has 2 N–H and O–H groups in total. The van der Waals surface area contributed by atoms with Crippen LogP contribution in [0.1, 0.15) is 12.5 Å². The molecule has 0 fully saturated rings. The summed E-state index contributed by atoms with van der Waals surface area (Å²) in [6, 6.07) is 3.26. The summed E-state index contributed by atoms with van der Waals surface area (Å²) in [5, 5.41) is 0. The van der Waals surface area contributed by atoms with E-state index in [9.17, 15) is 4.39 Å². The number of pyridine rings is 1. The largest absolute Gasteiger partial charge is 0.327 e. The summed E-state index contributed by atoms with van der Waals surface area (Å²) in [6.07, 6.45) is 3.12. The summed E-state index contributed by atoms with van der Waals surface area (Å²) >= 11 is 0. The van der Waals surface area contributed by atoms with Crippen molar-refractivity contribution in [1.29, 1.82) is 0 Å². The van der Waals surface area contributed by atoms with Crippen LogP contribution in [-0.2, 0) is 5.67 Å². The van der Waals surface area contributed by atoms with Crippen LogP contribution in [0.4, 0.5) is 4.39 Å². The SMILES string of the molecule is C[C@](F)(CN)c1ccncc1. The van der Waals surface area contributed by atoms with E-state index in [0.29, 0.717) is 5.56 Å². The number of aromatic nitrogens is 1. The van der Waals surface area contributed by atoms with Gasteiger partial charge in [-0.15, -0.1) is 0 Å². The van der Waals surface area contributed by atoms with Gasteiger partial charge in [-0.05, 0) is 24.6 Å². The molecule has 0 amide bonds. The van der Waals surface area contributed by atoms with Crippen LogP contribution in [0.2, 0.25) is 0 Å². The van der Waals surface area contributed by atoms with Crippen molar-refractivity contribution in [2.24, 2.45) is 5.73 Å². The van der Waals surface area contributed by atoms with Crippen LogP contribution in [0, 0.1) is 0 Å². The lowest BCUT2D eigenvalue weighted by molar-refractivity contribution is 0.203. The highest BCUT2D eigenvalue weighted by Gasteiger charge is 2.22. The van der Waals surface area contributed by atoms with Crippen molar-refractivity contribution < 1.29 is 4.39 Å². The summed E-state index contributed by atoms with van der Waals surface area (Å²) < 4.78 is 13.4. The van der Waals surface area contributed by atoms with Crippen molar-refractivity contribution in [3.05, 3.63) is 30.1 Å². The number of halogens is 1. The standard InChI is InChI=1S/C8H11FN2/c1-8(9,6-10)7-2-4-11-5-3-7/h2-5H,6,10H2,1H3/t8-/m0/s1. The Bertz CT molecular complexity index is 221. The van der Waals surface area contributed by atoms with Crippen LogP contribution in [0.15, 0.2) is 24.5 Å². The van der Waals surface area contributed by atoms with Gasteiger partial charge in [-0.2, -0.15) is 0 Å². The zero-order chi connectivity index (χ0) is 8.32. The van der Waals surface area contributed by atoms with Gasteiger partial charge in [0.1, 0.15) is 5.67 Å². The third kappa shape index (κ3) is 1.74. The Morgan fingerprint density at radius 3 is 2.55 bits per heavy atom. The molecule has 0 aliphatic heterocycles. The maximum absolute atomic E-state index is 13.4. The molecule has 1 heterocycles. The van der Waals surface area contributed by atoms with E-state index in [1.165, 1.54) is 6.92 Å². The molecule has 1 atom stereocenters. The molecule has 0 aromatic carbocycles. The normalized spacial score (nSPS) is 15.9. The van der Waals surface area contributed by atoms with Crippen molar-refractivity contribution in [2.45, 2.75) is 12.6 Å². The fourth-order valence-electron chi connectivity index (χ4n) is 0.817. The summed E-state index contributed by atoms with van der Waals surface area (Å²) in [4.78, 5) is 3.79. The Morgan fingerprint density at radius 2 is 2.09 bits per heavy atom. The number of hydrogen-bond acceptors (Lipinski definition) is 2. The van der Waals surface area contributed by atoms with Crippen molar-refractivity contribution in [3.63, 3.8) is 0 Å². The minimum absolute atomic E-state index is 0.00296. The van der Waals surface area contributed by atoms with E-state index < -0.39 is 5.67 Å². The van der Waals surface area contributed by atoms with E-state index in [2.05, 4.69) is 4.98 Å². The van der Waals surface area contributed by atoms with E-state index in [1.54, 1.807) is 24.5 Å². The van der Waals surface area contributed by atoms with Crippen LogP contribution < -0.4 is 5.73 Å². The van der Waals surface area contributed by atoms with Gasteiger partial charge in [0.05, 0.1) is 0 Å². The van der Waals surface area contributed by atoms with E-state index in [-0.39, 0.29) is 6.54 Å². The molecule has 0 spiro atoms. The van der Waals surface area contributed by atoms with Gasteiger partial charge in [-0.25, -0.2) is 4.39 Å². The highest BCUT2D eigenvalue weighted by Crippen LogP contribution is 2.22. The molecular weight excluding hydrogens is 143 g/mol. The van der Waals surface area contributed by atoms with Gasteiger partial charge in [0.2, 0.25) is 0 Å².